The van der Waals surface area contributed by atoms with E-state index in [9.17, 15) is 4.39 Å². The highest BCUT2D eigenvalue weighted by Gasteiger charge is 2.32. The van der Waals surface area contributed by atoms with Crippen LogP contribution < -0.4 is 5.32 Å². The van der Waals surface area contributed by atoms with Gasteiger partial charge in [0.05, 0.1) is 12.1 Å². The van der Waals surface area contributed by atoms with E-state index in [-0.39, 0.29) is 17.9 Å². The summed E-state index contributed by atoms with van der Waals surface area (Å²) in [7, 11) is 0. The van der Waals surface area contributed by atoms with E-state index in [2.05, 4.69) is 15.4 Å². The van der Waals surface area contributed by atoms with Crippen LogP contribution in [0.2, 0.25) is 5.02 Å². The molecule has 116 valence electrons. The molecular weight excluding hydrogens is 315 g/mol. The van der Waals surface area contributed by atoms with Crippen LogP contribution in [0.5, 0.6) is 0 Å². The number of hydrogen-bond donors (Lipinski definition) is 1. The van der Waals surface area contributed by atoms with Gasteiger partial charge in [-0.1, -0.05) is 48.0 Å². The molecule has 2 atom stereocenters. The van der Waals surface area contributed by atoms with Crippen LogP contribution in [0.3, 0.4) is 0 Å². The Labute approximate surface area is 137 Å². The predicted molar refractivity (Wildman–Crippen MR) is 87.0 cm³/mol. The van der Waals surface area contributed by atoms with Gasteiger partial charge in [0.15, 0.2) is 0 Å². The van der Waals surface area contributed by atoms with E-state index in [0.717, 1.165) is 5.56 Å². The van der Waals surface area contributed by atoms with E-state index < -0.39 is 0 Å². The molecule has 23 heavy (non-hydrogen) atoms. The lowest BCUT2D eigenvalue weighted by Gasteiger charge is -2.32. The Balaban J connectivity index is 1.80. The van der Waals surface area contributed by atoms with Crippen molar-refractivity contribution in [3.05, 3.63) is 76.8 Å². The van der Waals surface area contributed by atoms with E-state index in [1.165, 1.54) is 12.4 Å². The van der Waals surface area contributed by atoms with Crippen LogP contribution in [-0.4, -0.2) is 14.8 Å². The summed E-state index contributed by atoms with van der Waals surface area (Å²) in [6, 6.07) is 14.5. The number of anilines is 1. The van der Waals surface area contributed by atoms with Gasteiger partial charge < -0.3 is 5.32 Å². The number of halogens is 2. The molecule has 4 nitrogen and oxygen atoms in total. The Kier molecular flexibility index (Phi) is 3.50. The van der Waals surface area contributed by atoms with Crippen LogP contribution in [0.1, 0.15) is 29.6 Å². The zero-order valence-electron chi connectivity index (χ0n) is 12.2. The number of rotatable bonds is 2. The number of nitrogens with zero attached hydrogens (tertiary/aromatic N) is 3. The maximum absolute atomic E-state index is 14.4. The van der Waals surface area contributed by atoms with Crippen LogP contribution >= 0.6 is 11.6 Å². The number of fused-ring (bicyclic) bond motifs is 1. The molecule has 4 rings (SSSR count). The first kappa shape index (κ1) is 14.2. The number of aromatic nitrogens is 3. The second kappa shape index (κ2) is 5.66. The van der Waals surface area contributed by atoms with E-state index >= 15 is 0 Å². The summed E-state index contributed by atoms with van der Waals surface area (Å²) in [5, 5.41) is 8.01. The largest absolute Gasteiger partial charge is 0.348 e. The highest BCUT2D eigenvalue weighted by Crippen LogP contribution is 2.40. The summed E-state index contributed by atoms with van der Waals surface area (Å²) in [4.78, 5) is 4.24. The minimum absolute atomic E-state index is 0.0218. The van der Waals surface area contributed by atoms with Gasteiger partial charge in [-0.15, -0.1) is 0 Å². The second-order valence-corrected chi connectivity index (χ2v) is 5.93. The molecule has 1 aliphatic rings. The Morgan fingerprint density at radius 3 is 2.74 bits per heavy atom. The molecule has 0 saturated heterocycles. The minimum atomic E-state index is -0.322. The molecule has 0 radical (unpaired) electrons. The molecular formula is C17H14ClFN4. The Morgan fingerprint density at radius 2 is 1.96 bits per heavy atom. The van der Waals surface area contributed by atoms with Gasteiger partial charge in [-0.2, -0.15) is 10.1 Å². The first-order valence-electron chi connectivity index (χ1n) is 7.39. The first-order valence-corrected chi connectivity index (χ1v) is 7.76. The zero-order chi connectivity index (χ0) is 15.8. The van der Waals surface area contributed by atoms with Gasteiger partial charge in [0, 0.05) is 10.6 Å². The van der Waals surface area contributed by atoms with Crippen molar-refractivity contribution in [3.8, 4) is 0 Å². The summed E-state index contributed by atoms with van der Waals surface area (Å²) >= 11 is 6.27. The maximum atomic E-state index is 14.4. The predicted octanol–water partition coefficient (Wildman–Crippen LogP) is 4.22. The third-order valence-electron chi connectivity index (χ3n) is 4.17. The summed E-state index contributed by atoms with van der Waals surface area (Å²) in [5.74, 6) is 0.298. The molecule has 0 aliphatic carbocycles. The summed E-state index contributed by atoms with van der Waals surface area (Å²) in [6.45, 7) is 0. The molecule has 1 aliphatic heterocycles. The van der Waals surface area contributed by atoms with Crippen LogP contribution in [0.4, 0.5) is 10.3 Å². The fourth-order valence-corrected chi connectivity index (χ4v) is 3.38. The molecule has 0 fully saturated rings. The molecule has 3 aromatic rings. The van der Waals surface area contributed by atoms with Crippen molar-refractivity contribution in [3.63, 3.8) is 0 Å². The average Bonchev–Trinajstić information content (AvgIpc) is 3.04. The molecule has 6 heteroatoms. The van der Waals surface area contributed by atoms with Crippen LogP contribution in [0.25, 0.3) is 0 Å². The van der Waals surface area contributed by atoms with Crippen molar-refractivity contribution in [2.75, 3.05) is 5.32 Å². The number of hydrogen-bond acceptors (Lipinski definition) is 3. The quantitative estimate of drug-likeness (QED) is 0.766. The van der Waals surface area contributed by atoms with Crippen molar-refractivity contribution >= 4 is 17.5 Å². The maximum Gasteiger partial charge on any atom is 0.222 e. The first-order chi connectivity index (χ1) is 11.2. The van der Waals surface area contributed by atoms with E-state index in [1.54, 1.807) is 16.8 Å². The van der Waals surface area contributed by atoms with Crippen molar-refractivity contribution in [2.24, 2.45) is 0 Å². The van der Waals surface area contributed by atoms with Crippen LogP contribution in [0.15, 0.2) is 54.9 Å². The topological polar surface area (TPSA) is 42.7 Å². The summed E-state index contributed by atoms with van der Waals surface area (Å²) in [5.41, 5.74) is 1.59. The van der Waals surface area contributed by atoms with E-state index in [0.29, 0.717) is 23.0 Å². The highest BCUT2D eigenvalue weighted by molar-refractivity contribution is 6.31. The van der Waals surface area contributed by atoms with Crippen LogP contribution in [0, 0.1) is 5.82 Å². The molecule has 2 aromatic carbocycles. The lowest BCUT2D eigenvalue weighted by Crippen LogP contribution is -2.28. The molecule has 0 spiro atoms. The normalized spacial score (nSPS) is 19.9. The van der Waals surface area contributed by atoms with E-state index in [1.807, 2.05) is 30.3 Å². The highest BCUT2D eigenvalue weighted by atomic mass is 35.5. The fourth-order valence-electron chi connectivity index (χ4n) is 3.09. The second-order valence-electron chi connectivity index (χ2n) is 5.52. The lowest BCUT2D eigenvalue weighted by molar-refractivity contribution is 0.416. The van der Waals surface area contributed by atoms with Gasteiger partial charge in [0.1, 0.15) is 12.1 Å². The van der Waals surface area contributed by atoms with Gasteiger partial charge in [0.25, 0.3) is 0 Å². The number of nitrogens with one attached hydrogen (secondary N) is 1. The third-order valence-corrected chi connectivity index (χ3v) is 4.50. The summed E-state index contributed by atoms with van der Waals surface area (Å²) in [6.07, 6.45) is 2.11. The monoisotopic (exact) mass is 328 g/mol. The van der Waals surface area contributed by atoms with Gasteiger partial charge in [-0.05, 0) is 24.1 Å². The Bertz CT molecular complexity index is 813. The Morgan fingerprint density at radius 1 is 1.13 bits per heavy atom. The smallest absolute Gasteiger partial charge is 0.222 e. The molecule has 0 saturated carbocycles. The standard InChI is InChI=1S/C17H14ClFN4/c18-12-7-4-8-13(19)16(12)15-9-14(11-5-2-1-3-6-11)22-17-20-10-21-23(15)17/h1-8,10,14-15H,9H2,(H,20,21,22)/t14-,15+/m1/s1. The van der Waals surface area contributed by atoms with Gasteiger partial charge in [-0.25, -0.2) is 9.07 Å². The van der Waals surface area contributed by atoms with Crippen molar-refractivity contribution in [2.45, 2.75) is 18.5 Å². The minimum Gasteiger partial charge on any atom is -0.348 e. The molecule has 1 N–H and O–H groups in total. The molecule has 0 bridgehead atoms. The number of benzene rings is 2. The Hall–Kier alpha value is -2.40. The van der Waals surface area contributed by atoms with Gasteiger partial charge >= 0.3 is 0 Å². The molecule has 1 aromatic heterocycles. The molecule has 0 unspecified atom stereocenters. The van der Waals surface area contributed by atoms with Crippen molar-refractivity contribution < 1.29 is 4.39 Å². The van der Waals surface area contributed by atoms with Gasteiger partial charge in [0.2, 0.25) is 5.95 Å². The SMILES string of the molecule is Fc1cccc(Cl)c1[C@@H]1C[C@H](c2ccccc2)Nc2ncnn21. The van der Waals surface area contributed by atoms with Crippen molar-refractivity contribution in [1.82, 2.24) is 14.8 Å². The van der Waals surface area contributed by atoms with Crippen LogP contribution in [-0.2, 0) is 0 Å². The zero-order valence-corrected chi connectivity index (χ0v) is 12.9. The average molecular weight is 329 g/mol. The third kappa shape index (κ3) is 2.47. The van der Waals surface area contributed by atoms with Gasteiger partial charge in [-0.3, -0.25) is 0 Å². The lowest BCUT2D eigenvalue weighted by atomic mass is 9.93. The summed E-state index contributed by atoms with van der Waals surface area (Å²) < 4.78 is 16.1. The van der Waals surface area contributed by atoms with Crippen molar-refractivity contribution in [1.29, 1.82) is 0 Å². The fraction of sp³-hybridized carbons (Fsp3) is 0.176. The molecule has 2 heterocycles. The molecule has 0 amide bonds. The van der Waals surface area contributed by atoms with E-state index in [4.69, 9.17) is 11.6 Å².